The van der Waals surface area contributed by atoms with Gasteiger partial charge in [-0.1, -0.05) is 19.4 Å². The van der Waals surface area contributed by atoms with Gasteiger partial charge in [0.15, 0.2) is 0 Å². The summed E-state index contributed by atoms with van der Waals surface area (Å²) >= 11 is 0. The normalized spacial score (nSPS) is 12.7. The van der Waals surface area contributed by atoms with Crippen LogP contribution in [0.1, 0.15) is 33.6 Å². The van der Waals surface area contributed by atoms with Crippen molar-refractivity contribution in [2.75, 3.05) is 26.7 Å². The van der Waals surface area contributed by atoms with Crippen molar-refractivity contribution < 1.29 is 4.48 Å². The first-order valence-electron chi connectivity index (χ1n) is 5.17. The van der Waals surface area contributed by atoms with Crippen molar-refractivity contribution in [2.45, 2.75) is 33.6 Å². The maximum atomic E-state index is 2.33. The van der Waals surface area contributed by atoms with Crippen LogP contribution in [0.4, 0.5) is 0 Å². The standard InChI is InChI=1S/C11H24N/c1-5-8-9-10-11-12(4,6-2)7-3/h9-10H,5-8,11H2,1-4H3/q+1. The average molecular weight is 170 g/mol. The Kier molecular flexibility index (Phi) is 6.09. The molecular formula is C11H24N+. The molecule has 0 aromatic rings. The molecule has 0 heterocycles. The molecule has 0 bridgehead atoms. The molecule has 12 heavy (non-hydrogen) atoms. The molecule has 0 aromatic carbocycles. The number of unbranched alkanes of at least 4 members (excludes halogenated alkanes) is 1. The molecule has 1 heteroatoms. The monoisotopic (exact) mass is 170 g/mol. The summed E-state index contributed by atoms with van der Waals surface area (Å²) in [5, 5.41) is 0. The molecule has 0 N–H and O–H groups in total. The highest BCUT2D eigenvalue weighted by Gasteiger charge is 2.12. The molecule has 0 spiro atoms. The molecule has 1 nitrogen and oxygen atoms in total. The van der Waals surface area contributed by atoms with E-state index in [4.69, 9.17) is 0 Å². The summed E-state index contributed by atoms with van der Waals surface area (Å²) in [5.41, 5.74) is 0. The van der Waals surface area contributed by atoms with Crippen molar-refractivity contribution in [3.8, 4) is 0 Å². The Labute approximate surface area is 77.7 Å². The largest absolute Gasteiger partial charge is 0.323 e. The van der Waals surface area contributed by atoms with Crippen LogP contribution in [-0.2, 0) is 0 Å². The summed E-state index contributed by atoms with van der Waals surface area (Å²) in [6, 6.07) is 0. The summed E-state index contributed by atoms with van der Waals surface area (Å²) in [6.45, 7) is 10.4. The zero-order chi connectivity index (χ0) is 9.45. The van der Waals surface area contributed by atoms with Gasteiger partial charge in [0.2, 0.25) is 0 Å². The van der Waals surface area contributed by atoms with Gasteiger partial charge in [0, 0.05) is 0 Å². The van der Waals surface area contributed by atoms with Gasteiger partial charge in [-0.25, -0.2) is 0 Å². The molecular weight excluding hydrogens is 146 g/mol. The van der Waals surface area contributed by atoms with Crippen LogP contribution in [0.3, 0.4) is 0 Å². The Balaban J connectivity index is 3.72. The second-order valence-corrected chi connectivity index (χ2v) is 3.69. The third-order valence-electron chi connectivity index (χ3n) is 2.70. The summed E-state index contributed by atoms with van der Waals surface area (Å²) in [6.07, 6.45) is 7.13. The minimum Gasteiger partial charge on any atom is -0.323 e. The first-order chi connectivity index (χ1) is 5.68. The van der Waals surface area contributed by atoms with E-state index in [-0.39, 0.29) is 0 Å². The number of hydrogen-bond acceptors (Lipinski definition) is 0. The summed E-state index contributed by atoms with van der Waals surface area (Å²) in [4.78, 5) is 0. The van der Waals surface area contributed by atoms with E-state index in [1.165, 1.54) is 37.0 Å². The van der Waals surface area contributed by atoms with E-state index in [2.05, 4.69) is 40.0 Å². The SMILES string of the molecule is CCCC=CC[N+](C)(CC)CC. The van der Waals surface area contributed by atoms with Crippen LogP contribution in [0.25, 0.3) is 0 Å². The second-order valence-electron chi connectivity index (χ2n) is 3.69. The molecule has 0 radical (unpaired) electrons. The predicted octanol–water partition coefficient (Wildman–Crippen LogP) is 2.83. The van der Waals surface area contributed by atoms with Crippen LogP contribution in [0.2, 0.25) is 0 Å². The van der Waals surface area contributed by atoms with Crippen LogP contribution < -0.4 is 0 Å². The molecule has 0 fully saturated rings. The Bertz CT molecular complexity index is 123. The minimum absolute atomic E-state index is 1.17. The van der Waals surface area contributed by atoms with Gasteiger partial charge in [0.25, 0.3) is 0 Å². The van der Waals surface area contributed by atoms with Gasteiger partial charge < -0.3 is 4.48 Å². The lowest BCUT2D eigenvalue weighted by Crippen LogP contribution is -2.43. The van der Waals surface area contributed by atoms with E-state index in [0.29, 0.717) is 0 Å². The number of rotatable bonds is 6. The second kappa shape index (κ2) is 6.24. The van der Waals surface area contributed by atoms with Crippen LogP contribution in [0.15, 0.2) is 12.2 Å². The number of likely N-dealkylation sites (N-methyl/N-ethyl adjacent to an activating group) is 1. The average Bonchev–Trinajstić information content (AvgIpc) is 2.12. The van der Waals surface area contributed by atoms with Crippen LogP contribution in [-0.4, -0.2) is 31.2 Å². The first-order valence-corrected chi connectivity index (χ1v) is 5.17. The molecule has 0 rings (SSSR count). The summed E-state index contributed by atoms with van der Waals surface area (Å²) in [7, 11) is 2.32. The fourth-order valence-electron chi connectivity index (χ4n) is 1.10. The molecule has 0 aliphatic carbocycles. The number of quaternary nitrogens is 1. The third-order valence-corrected chi connectivity index (χ3v) is 2.70. The van der Waals surface area contributed by atoms with E-state index in [1.807, 2.05) is 0 Å². The zero-order valence-corrected chi connectivity index (χ0v) is 9.14. The topological polar surface area (TPSA) is 0 Å². The highest BCUT2D eigenvalue weighted by atomic mass is 15.3. The van der Waals surface area contributed by atoms with Crippen LogP contribution >= 0.6 is 0 Å². The van der Waals surface area contributed by atoms with Gasteiger partial charge in [-0.05, 0) is 26.3 Å². The van der Waals surface area contributed by atoms with E-state index >= 15 is 0 Å². The van der Waals surface area contributed by atoms with E-state index in [1.54, 1.807) is 0 Å². The minimum atomic E-state index is 1.17. The number of allylic oxidation sites excluding steroid dienone is 1. The lowest BCUT2D eigenvalue weighted by molar-refractivity contribution is -0.900. The Morgan fingerprint density at radius 1 is 1.00 bits per heavy atom. The predicted molar refractivity (Wildman–Crippen MR) is 56.2 cm³/mol. The van der Waals surface area contributed by atoms with Crippen LogP contribution in [0.5, 0.6) is 0 Å². The lowest BCUT2D eigenvalue weighted by Gasteiger charge is -2.30. The van der Waals surface area contributed by atoms with Crippen molar-refractivity contribution in [3.63, 3.8) is 0 Å². The summed E-state index contributed by atoms with van der Waals surface area (Å²) < 4.78 is 1.17. The lowest BCUT2D eigenvalue weighted by atomic mass is 10.3. The van der Waals surface area contributed by atoms with Crippen molar-refractivity contribution in [3.05, 3.63) is 12.2 Å². The van der Waals surface area contributed by atoms with E-state index < -0.39 is 0 Å². The van der Waals surface area contributed by atoms with E-state index in [9.17, 15) is 0 Å². The van der Waals surface area contributed by atoms with E-state index in [0.717, 1.165) is 0 Å². The highest BCUT2D eigenvalue weighted by Crippen LogP contribution is 2.01. The quantitative estimate of drug-likeness (QED) is 0.425. The fourth-order valence-corrected chi connectivity index (χ4v) is 1.10. The highest BCUT2D eigenvalue weighted by molar-refractivity contribution is 4.80. The third kappa shape index (κ3) is 4.55. The zero-order valence-electron chi connectivity index (χ0n) is 9.14. The van der Waals surface area contributed by atoms with Gasteiger partial charge >= 0.3 is 0 Å². The Hall–Kier alpha value is -0.300. The fraction of sp³-hybridized carbons (Fsp3) is 0.818. The molecule has 0 saturated heterocycles. The van der Waals surface area contributed by atoms with Crippen molar-refractivity contribution in [2.24, 2.45) is 0 Å². The molecule has 0 aliphatic rings. The Morgan fingerprint density at radius 3 is 2.00 bits per heavy atom. The molecule has 72 valence electrons. The molecule has 0 aliphatic heterocycles. The van der Waals surface area contributed by atoms with Gasteiger partial charge in [-0.15, -0.1) is 0 Å². The molecule has 0 saturated carbocycles. The first kappa shape index (κ1) is 11.7. The van der Waals surface area contributed by atoms with Gasteiger partial charge in [0.1, 0.15) is 0 Å². The van der Waals surface area contributed by atoms with Crippen molar-refractivity contribution in [1.29, 1.82) is 0 Å². The van der Waals surface area contributed by atoms with Gasteiger partial charge in [-0.2, -0.15) is 0 Å². The maximum absolute atomic E-state index is 2.33. The molecule has 0 atom stereocenters. The number of hydrogen-bond donors (Lipinski definition) is 0. The number of nitrogens with zero attached hydrogens (tertiary/aromatic N) is 1. The molecule has 0 aromatic heterocycles. The summed E-state index contributed by atoms with van der Waals surface area (Å²) in [5.74, 6) is 0. The molecule has 0 unspecified atom stereocenters. The van der Waals surface area contributed by atoms with Gasteiger partial charge in [0.05, 0.1) is 26.7 Å². The van der Waals surface area contributed by atoms with Crippen molar-refractivity contribution >= 4 is 0 Å². The Morgan fingerprint density at radius 2 is 1.58 bits per heavy atom. The van der Waals surface area contributed by atoms with Crippen molar-refractivity contribution in [1.82, 2.24) is 0 Å². The smallest absolute Gasteiger partial charge is 0.0971 e. The maximum Gasteiger partial charge on any atom is 0.0971 e. The van der Waals surface area contributed by atoms with Crippen LogP contribution in [0, 0.1) is 0 Å². The van der Waals surface area contributed by atoms with Gasteiger partial charge in [-0.3, -0.25) is 0 Å². The molecule has 0 amide bonds.